The largest absolute Gasteiger partial charge is 0.198 e. The number of rotatable bonds is 2. The van der Waals surface area contributed by atoms with Crippen LogP contribution in [0, 0.1) is 0 Å². The van der Waals surface area contributed by atoms with Crippen molar-refractivity contribution in [3.05, 3.63) is 30.3 Å². The van der Waals surface area contributed by atoms with Gasteiger partial charge in [-0.2, -0.15) is 0 Å². The third-order valence-electron chi connectivity index (χ3n) is 1.33. The van der Waals surface area contributed by atoms with E-state index < -0.39 is 0 Å². The van der Waals surface area contributed by atoms with Gasteiger partial charge in [-0.25, -0.2) is 0 Å². The Labute approximate surface area is 87.5 Å². The molecule has 0 aromatic heterocycles. The fourth-order valence-electron chi connectivity index (χ4n) is 0.717. The van der Waals surface area contributed by atoms with Gasteiger partial charge in [0.25, 0.3) is 0 Å². The van der Waals surface area contributed by atoms with Crippen molar-refractivity contribution in [2.24, 2.45) is 0 Å². The Balaban J connectivity index is 0.000000217. The highest BCUT2D eigenvalue weighted by Crippen LogP contribution is 2.00. The van der Waals surface area contributed by atoms with Crippen molar-refractivity contribution in [1.82, 2.24) is 0 Å². The van der Waals surface area contributed by atoms with Gasteiger partial charge in [0.1, 0.15) is 0 Å². The summed E-state index contributed by atoms with van der Waals surface area (Å²) >= 11 is 4.90. The zero-order valence-corrected chi connectivity index (χ0v) is 9.87. The van der Waals surface area contributed by atoms with Crippen LogP contribution in [0.4, 0.5) is 0 Å². The van der Waals surface area contributed by atoms with Gasteiger partial charge in [-0.05, 0) is 12.1 Å². The van der Waals surface area contributed by atoms with Crippen LogP contribution in [-0.4, -0.2) is 15.2 Å². The molecule has 0 spiro atoms. The van der Waals surface area contributed by atoms with Crippen LogP contribution in [-0.2, 0) is 0 Å². The van der Waals surface area contributed by atoms with Gasteiger partial charge in [0.2, 0.25) is 0 Å². The first-order chi connectivity index (χ1) is 5.81. The van der Waals surface area contributed by atoms with Crippen LogP contribution in [0.1, 0.15) is 13.8 Å². The van der Waals surface area contributed by atoms with Crippen LogP contribution in [0.5, 0.6) is 0 Å². The molecule has 1 radical (unpaired) electrons. The normalized spacial score (nSPS) is 8.25. The zero-order chi connectivity index (χ0) is 9.23. The Morgan fingerprint density at radius 1 is 1.08 bits per heavy atom. The first kappa shape index (κ1) is 12.1. The lowest BCUT2D eigenvalue weighted by Crippen LogP contribution is -1.76. The van der Waals surface area contributed by atoms with Gasteiger partial charge in [0.15, 0.2) is 15.2 Å². The summed E-state index contributed by atoms with van der Waals surface area (Å²) in [5, 5.41) is 2.85. The summed E-state index contributed by atoms with van der Waals surface area (Å²) < 4.78 is 0. The first-order valence-corrected chi connectivity index (χ1v) is 6.45. The minimum Gasteiger partial charge on any atom is -0.143 e. The second kappa shape index (κ2) is 9.19. The monoisotopic (exact) mass is 195 g/mol. The van der Waals surface area contributed by atoms with E-state index in [1.54, 1.807) is 0 Å². The summed E-state index contributed by atoms with van der Waals surface area (Å²) in [6.07, 6.45) is 0. The van der Waals surface area contributed by atoms with Gasteiger partial charge in [0.05, 0.1) is 0 Å². The topological polar surface area (TPSA) is 0 Å². The highest BCUT2D eigenvalue weighted by Gasteiger charge is 1.74. The number of hydrogen-bond acceptors (Lipinski definition) is 1. The predicted octanol–water partition coefficient (Wildman–Crippen LogP) is 3.54. The van der Waals surface area contributed by atoms with Crippen LogP contribution in [0.3, 0.4) is 0 Å². The van der Waals surface area contributed by atoms with Crippen LogP contribution >= 0.6 is 12.6 Å². The lowest BCUT2D eigenvalue weighted by atomic mass is 10.4. The van der Waals surface area contributed by atoms with Crippen molar-refractivity contribution in [3.63, 3.8) is 0 Å². The maximum atomic E-state index is 4.08. The maximum absolute atomic E-state index is 4.08. The first-order valence-electron chi connectivity index (χ1n) is 4.37. The average Bonchev–Trinajstić information content (AvgIpc) is 2.08. The van der Waals surface area contributed by atoms with Crippen LogP contribution in [0.15, 0.2) is 35.2 Å². The van der Waals surface area contributed by atoms with Gasteiger partial charge in [-0.15, -0.1) is 23.2 Å². The zero-order valence-electron chi connectivity index (χ0n) is 7.83. The minimum atomic E-state index is 0.815. The highest BCUT2D eigenvalue weighted by molar-refractivity contribution is 7.80. The molecule has 0 N–H and O–H groups in total. The Hall–Kier alpha value is 0.102. The Kier molecular flexibility index (Phi) is 9.27. The molecular formula is C10H16AlS. The summed E-state index contributed by atoms with van der Waals surface area (Å²) in [7, 11) is 0. The molecule has 2 heteroatoms. The second-order valence-corrected chi connectivity index (χ2v) is 5.17. The molecule has 0 aliphatic rings. The summed E-state index contributed by atoms with van der Waals surface area (Å²) in [5.74, 6) is 0. The molecule has 0 saturated heterocycles. The van der Waals surface area contributed by atoms with E-state index in [0.29, 0.717) is 0 Å². The molecular weight excluding hydrogens is 179 g/mol. The van der Waals surface area contributed by atoms with E-state index in [4.69, 9.17) is 0 Å². The summed E-state index contributed by atoms with van der Waals surface area (Å²) in [6.45, 7) is 4.50. The van der Waals surface area contributed by atoms with Crippen molar-refractivity contribution in [1.29, 1.82) is 0 Å². The Morgan fingerprint density at radius 2 is 1.58 bits per heavy atom. The van der Waals surface area contributed by atoms with Crippen molar-refractivity contribution < 1.29 is 0 Å². The van der Waals surface area contributed by atoms with E-state index in [0.717, 1.165) is 20.1 Å². The maximum Gasteiger partial charge on any atom is 0.198 e. The van der Waals surface area contributed by atoms with Gasteiger partial charge >= 0.3 is 0 Å². The Morgan fingerprint density at radius 3 is 1.75 bits per heavy atom. The molecule has 0 saturated carbocycles. The van der Waals surface area contributed by atoms with E-state index in [1.807, 2.05) is 30.3 Å². The van der Waals surface area contributed by atoms with Crippen LogP contribution < -0.4 is 0 Å². The summed E-state index contributed by atoms with van der Waals surface area (Å²) in [4.78, 5) is 1.02. The quantitative estimate of drug-likeness (QED) is 0.541. The molecule has 12 heavy (non-hydrogen) atoms. The summed E-state index contributed by atoms with van der Waals surface area (Å²) in [6, 6.07) is 9.79. The molecule has 0 aliphatic carbocycles. The van der Waals surface area contributed by atoms with Gasteiger partial charge in [-0.1, -0.05) is 32.0 Å². The molecule has 0 fully saturated rings. The van der Waals surface area contributed by atoms with Gasteiger partial charge in [0, 0.05) is 4.90 Å². The Bertz CT molecular complexity index is 172. The molecule has 0 amide bonds. The highest BCUT2D eigenvalue weighted by atomic mass is 32.1. The molecule has 0 heterocycles. The van der Waals surface area contributed by atoms with Gasteiger partial charge < -0.3 is 0 Å². The summed E-state index contributed by atoms with van der Waals surface area (Å²) in [5.41, 5.74) is 0. The third kappa shape index (κ3) is 8.20. The molecule has 0 aliphatic heterocycles. The average molecular weight is 195 g/mol. The third-order valence-corrected chi connectivity index (χ3v) is 2.79. The van der Waals surface area contributed by atoms with Crippen molar-refractivity contribution in [2.75, 3.05) is 0 Å². The fraction of sp³-hybridized carbons (Fsp3) is 0.400. The molecule has 1 aromatic rings. The lowest BCUT2D eigenvalue weighted by Gasteiger charge is -1.81. The van der Waals surface area contributed by atoms with Crippen molar-refractivity contribution in [2.45, 2.75) is 29.3 Å². The molecule has 0 bridgehead atoms. The van der Waals surface area contributed by atoms with Crippen LogP contribution in [0.25, 0.3) is 0 Å². The van der Waals surface area contributed by atoms with E-state index >= 15 is 0 Å². The van der Waals surface area contributed by atoms with E-state index in [1.165, 1.54) is 10.6 Å². The van der Waals surface area contributed by atoms with E-state index in [2.05, 4.69) is 26.5 Å². The number of benzene rings is 1. The van der Waals surface area contributed by atoms with Crippen LogP contribution in [0.2, 0.25) is 10.6 Å². The van der Waals surface area contributed by atoms with Crippen molar-refractivity contribution >= 4 is 27.8 Å². The minimum absolute atomic E-state index is 0.815. The molecule has 0 unspecified atom stereocenters. The molecule has 0 nitrogen and oxygen atoms in total. The molecule has 0 atom stereocenters. The standard InChI is InChI=1S/C6H6S.2C2H5.Al/c7-6-4-2-1-3-5-6;2*1-2;/h1-5,7H;2*1H2,2H3;. The molecule has 1 aromatic carbocycles. The van der Waals surface area contributed by atoms with E-state index in [-0.39, 0.29) is 0 Å². The number of thiol groups is 1. The smallest absolute Gasteiger partial charge is 0.143 e. The molecule has 65 valence electrons. The molecule has 1 rings (SSSR count). The number of hydrogen-bond donors (Lipinski definition) is 1. The van der Waals surface area contributed by atoms with Gasteiger partial charge in [-0.3, -0.25) is 0 Å². The second-order valence-electron chi connectivity index (χ2n) is 2.44. The van der Waals surface area contributed by atoms with Crippen molar-refractivity contribution in [3.8, 4) is 0 Å². The SMILES string of the molecule is C[CH2][Al][CH2]C.Sc1ccccc1. The fourth-order valence-corrected chi connectivity index (χ4v) is 1.47. The predicted molar refractivity (Wildman–Crippen MR) is 60.4 cm³/mol. The van der Waals surface area contributed by atoms with E-state index in [9.17, 15) is 0 Å². The lowest BCUT2D eigenvalue weighted by molar-refractivity contribution is 1.36.